The largest absolute Gasteiger partial charge is 0.207 e. The number of rotatable bonds is 2. The van der Waals surface area contributed by atoms with Crippen molar-refractivity contribution >= 4 is 12.2 Å². The lowest BCUT2D eigenvalue weighted by atomic mass is 9.79. The fourth-order valence-corrected chi connectivity index (χ4v) is 2.71. The van der Waals surface area contributed by atoms with Crippen LogP contribution in [-0.2, 0) is 5.41 Å². The Labute approximate surface area is 106 Å². The van der Waals surface area contributed by atoms with Gasteiger partial charge in [0.2, 0.25) is 0 Å². The molecular formula is C17H15F. The number of hydrogen-bond donors (Lipinski definition) is 0. The third-order valence-electron chi connectivity index (χ3n) is 3.79. The molecule has 18 heavy (non-hydrogen) atoms. The van der Waals surface area contributed by atoms with Crippen LogP contribution in [0.5, 0.6) is 0 Å². The molecule has 0 spiro atoms. The maximum atomic E-state index is 13.0. The minimum Gasteiger partial charge on any atom is -0.207 e. The van der Waals surface area contributed by atoms with E-state index in [1.54, 1.807) is 0 Å². The zero-order chi connectivity index (χ0) is 12.6. The van der Waals surface area contributed by atoms with Crippen molar-refractivity contribution in [3.05, 3.63) is 70.3 Å². The standard InChI is InChI=1S/C17H15F/c1-2-17(15-7-9-16(18)10-8-15)11-13-5-3-4-6-14(13)12-17/h3-12H,2H2,1H3. The predicted molar refractivity (Wildman–Crippen MR) is 73.0 cm³/mol. The molecule has 3 rings (SSSR count). The molecule has 0 unspecified atom stereocenters. The summed E-state index contributed by atoms with van der Waals surface area (Å²) < 4.78 is 13.0. The molecule has 1 heteroatoms. The van der Waals surface area contributed by atoms with Crippen LogP contribution in [0.15, 0.2) is 48.5 Å². The van der Waals surface area contributed by atoms with E-state index in [-0.39, 0.29) is 11.2 Å². The second-order valence-electron chi connectivity index (χ2n) is 4.82. The van der Waals surface area contributed by atoms with Crippen molar-refractivity contribution in [2.75, 3.05) is 0 Å². The average Bonchev–Trinajstić information content (AvgIpc) is 2.79. The Bertz CT molecular complexity index is 645. The normalized spacial score (nSPS) is 15.7. The van der Waals surface area contributed by atoms with Gasteiger partial charge in [-0.2, -0.15) is 0 Å². The predicted octanol–water partition coefficient (Wildman–Crippen LogP) is 2.75. The third-order valence-corrected chi connectivity index (χ3v) is 3.79. The van der Waals surface area contributed by atoms with Crippen molar-refractivity contribution in [3.8, 4) is 0 Å². The second kappa shape index (κ2) is 4.09. The van der Waals surface area contributed by atoms with Gasteiger partial charge >= 0.3 is 0 Å². The van der Waals surface area contributed by atoms with Crippen molar-refractivity contribution in [3.63, 3.8) is 0 Å². The molecule has 0 aliphatic heterocycles. The quantitative estimate of drug-likeness (QED) is 0.754. The van der Waals surface area contributed by atoms with Gasteiger partial charge in [0.15, 0.2) is 0 Å². The van der Waals surface area contributed by atoms with Crippen LogP contribution in [0.25, 0.3) is 12.2 Å². The Morgan fingerprint density at radius 2 is 1.44 bits per heavy atom. The zero-order valence-corrected chi connectivity index (χ0v) is 10.4. The molecule has 0 heterocycles. The van der Waals surface area contributed by atoms with Crippen LogP contribution in [0.2, 0.25) is 0 Å². The molecule has 0 saturated heterocycles. The van der Waals surface area contributed by atoms with E-state index in [9.17, 15) is 4.39 Å². The van der Waals surface area contributed by atoms with Crippen LogP contribution in [0.4, 0.5) is 4.39 Å². The molecular weight excluding hydrogens is 223 g/mol. The highest BCUT2D eigenvalue weighted by molar-refractivity contribution is 5.66. The fraction of sp³-hybridized carbons (Fsp3) is 0.176. The lowest BCUT2D eigenvalue weighted by Crippen LogP contribution is -2.19. The fourth-order valence-electron chi connectivity index (χ4n) is 2.71. The van der Waals surface area contributed by atoms with Crippen LogP contribution >= 0.6 is 0 Å². The molecule has 0 bridgehead atoms. The highest BCUT2D eigenvalue weighted by Gasteiger charge is 2.27. The molecule has 1 aliphatic rings. The van der Waals surface area contributed by atoms with Gasteiger partial charge in [-0.3, -0.25) is 0 Å². The van der Waals surface area contributed by atoms with E-state index in [2.05, 4.69) is 43.3 Å². The summed E-state index contributed by atoms with van der Waals surface area (Å²) in [6.07, 6.45) is 5.55. The van der Waals surface area contributed by atoms with Crippen molar-refractivity contribution < 1.29 is 4.39 Å². The Balaban J connectivity index is 2.20. The molecule has 0 saturated carbocycles. The van der Waals surface area contributed by atoms with E-state index in [1.807, 2.05) is 12.1 Å². The van der Waals surface area contributed by atoms with Gasteiger partial charge < -0.3 is 0 Å². The highest BCUT2D eigenvalue weighted by atomic mass is 19.1. The van der Waals surface area contributed by atoms with E-state index < -0.39 is 0 Å². The van der Waals surface area contributed by atoms with Crippen LogP contribution < -0.4 is 10.4 Å². The van der Waals surface area contributed by atoms with Gasteiger partial charge in [-0.1, -0.05) is 55.5 Å². The van der Waals surface area contributed by atoms with E-state index in [1.165, 1.54) is 22.6 Å². The maximum absolute atomic E-state index is 13.0. The van der Waals surface area contributed by atoms with Gasteiger partial charge in [0.05, 0.1) is 0 Å². The molecule has 0 nitrogen and oxygen atoms in total. The molecule has 90 valence electrons. The molecule has 0 atom stereocenters. The SMILES string of the molecule is CCC1(c2ccc(F)cc2)C=c2ccccc2=C1. The monoisotopic (exact) mass is 238 g/mol. The minimum absolute atomic E-state index is 0.0859. The first-order chi connectivity index (χ1) is 8.73. The summed E-state index contributed by atoms with van der Waals surface area (Å²) in [7, 11) is 0. The van der Waals surface area contributed by atoms with Gasteiger partial charge in [-0.05, 0) is 34.6 Å². The maximum Gasteiger partial charge on any atom is 0.123 e. The zero-order valence-electron chi connectivity index (χ0n) is 10.4. The van der Waals surface area contributed by atoms with Crippen LogP contribution in [0, 0.1) is 5.82 Å². The summed E-state index contributed by atoms with van der Waals surface area (Å²) in [5, 5.41) is 2.53. The summed E-state index contributed by atoms with van der Waals surface area (Å²) in [5.74, 6) is -0.180. The number of benzene rings is 2. The summed E-state index contributed by atoms with van der Waals surface area (Å²) in [5.41, 5.74) is 1.07. The smallest absolute Gasteiger partial charge is 0.123 e. The summed E-state index contributed by atoms with van der Waals surface area (Å²) >= 11 is 0. The van der Waals surface area contributed by atoms with E-state index >= 15 is 0 Å². The van der Waals surface area contributed by atoms with E-state index in [4.69, 9.17) is 0 Å². The second-order valence-corrected chi connectivity index (χ2v) is 4.82. The summed E-state index contributed by atoms with van der Waals surface area (Å²) in [4.78, 5) is 0. The third kappa shape index (κ3) is 1.67. The minimum atomic E-state index is -0.180. The van der Waals surface area contributed by atoms with Crippen molar-refractivity contribution in [1.82, 2.24) is 0 Å². The number of fused-ring (bicyclic) bond motifs is 1. The Morgan fingerprint density at radius 1 is 0.889 bits per heavy atom. The lowest BCUT2D eigenvalue weighted by Gasteiger charge is -2.24. The molecule has 0 fully saturated rings. The van der Waals surface area contributed by atoms with Crippen LogP contribution in [-0.4, -0.2) is 0 Å². The molecule has 0 aromatic heterocycles. The first-order valence-electron chi connectivity index (χ1n) is 6.30. The summed E-state index contributed by atoms with van der Waals surface area (Å²) in [6, 6.07) is 15.2. The van der Waals surface area contributed by atoms with Gasteiger partial charge in [-0.15, -0.1) is 0 Å². The van der Waals surface area contributed by atoms with Crippen molar-refractivity contribution in [2.45, 2.75) is 18.8 Å². The Kier molecular flexibility index (Phi) is 2.55. The Hall–Kier alpha value is -1.89. The molecule has 0 amide bonds. The molecule has 0 N–H and O–H groups in total. The lowest BCUT2D eigenvalue weighted by molar-refractivity contribution is 0.624. The van der Waals surface area contributed by atoms with Crippen LogP contribution in [0.1, 0.15) is 18.9 Å². The van der Waals surface area contributed by atoms with Gasteiger partial charge in [0.1, 0.15) is 5.82 Å². The first kappa shape index (κ1) is 11.2. The summed E-state index contributed by atoms with van der Waals surface area (Å²) in [6.45, 7) is 2.17. The van der Waals surface area contributed by atoms with Crippen LogP contribution in [0.3, 0.4) is 0 Å². The van der Waals surface area contributed by atoms with E-state index in [0.29, 0.717) is 0 Å². The van der Waals surface area contributed by atoms with Crippen molar-refractivity contribution in [1.29, 1.82) is 0 Å². The number of halogens is 1. The highest BCUT2D eigenvalue weighted by Crippen LogP contribution is 2.33. The molecule has 0 radical (unpaired) electrons. The molecule has 2 aromatic rings. The number of hydrogen-bond acceptors (Lipinski definition) is 0. The Morgan fingerprint density at radius 3 is 1.94 bits per heavy atom. The van der Waals surface area contributed by atoms with Gasteiger partial charge in [0, 0.05) is 5.41 Å². The first-order valence-corrected chi connectivity index (χ1v) is 6.30. The molecule has 2 aromatic carbocycles. The molecule has 1 aliphatic carbocycles. The van der Waals surface area contributed by atoms with Gasteiger partial charge in [-0.25, -0.2) is 4.39 Å². The van der Waals surface area contributed by atoms with E-state index in [0.717, 1.165) is 12.0 Å². The topological polar surface area (TPSA) is 0 Å². The average molecular weight is 238 g/mol. The van der Waals surface area contributed by atoms with Gasteiger partial charge in [0.25, 0.3) is 0 Å². The van der Waals surface area contributed by atoms with Crippen molar-refractivity contribution in [2.24, 2.45) is 0 Å².